The van der Waals surface area contributed by atoms with E-state index in [4.69, 9.17) is 0 Å². The van der Waals surface area contributed by atoms with E-state index >= 15 is 0 Å². The molecule has 0 aliphatic carbocycles. The number of para-hydroxylation sites is 1. The third-order valence-corrected chi connectivity index (χ3v) is 5.31. The third kappa shape index (κ3) is 2.80. The van der Waals surface area contributed by atoms with E-state index in [-0.39, 0.29) is 10.6 Å². The zero-order valence-electron chi connectivity index (χ0n) is 12.6. The fourth-order valence-corrected chi connectivity index (χ4v) is 3.90. The Labute approximate surface area is 125 Å². The highest BCUT2D eigenvalue weighted by atomic mass is 16.6. The summed E-state index contributed by atoms with van der Waals surface area (Å²) in [7, 11) is 2.24. The molecule has 2 fully saturated rings. The number of nitrogens with zero attached hydrogens (tertiary/aromatic N) is 3. The number of likely N-dealkylation sites (tertiary alicyclic amines) is 2. The highest BCUT2D eigenvalue weighted by molar-refractivity contribution is 5.39. The molecule has 0 saturated carbocycles. The smallest absolute Gasteiger partial charge is 0.273 e. The van der Waals surface area contributed by atoms with Crippen LogP contribution in [0.4, 0.5) is 5.69 Å². The van der Waals surface area contributed by atoms with Crippen molar-refractivity contribution in [2.24, 2.45) is 0 Å². The van der Waals surface area contributed by atoms with E-state index in [1.807, 2.05) is 12.1 Å². The Bertz CT molecular complexity index is 524. The van der Waals surface area contributed by atoms with E-state index in [1.165, 1.54) is 32.2 Å². The average molecular weight is 289 g/mol. The van der Waals surface area contributed by atoms with Gasteiger partial charge in [0.2, 0.25) is 0 Å². The van der Waals surface area contributed by atoms with Gasteiger partial charge < -0.3 is 4.90 Å². The molecule has 0 radical (unpaired) electrons. The molecule has 2 saturated heterocycles. The maximum atomic E-state index is 11.1. The van der Waals surface area contributed by atoms with Gasteiger partial charge in [0.25, 0.3) is 5.69 Å². The summed E-state index contributed by atoms with van der Waals surface area (Å²) in [5.41, 5.74) is 1.48. The van der Waals surface area contributed by atoms with Crippen molar-refractivity contribution in [2.75, 3.05) is 26.7 Å². The van der Waals surface area contributed by atoms with E-state index in [2.05, 4.69) is 16.8 Å². The predicted molar refractivity (Wildman–Crippen MR) is 82.2 cm³/mol. The van der Waals surface area contributed by atoms with Crippen LogP contribution in [-0.2, 0) is 6.54 Å². The van der Waals surface area contributed by atoms with Gasteiger partial charge in [0.05, 0.1) is 4.92 Å². The van der Waals surface area contributed by atoms with Crippen molar-refractivity contribution in [3.8, 4) is 0 Å². The van der Waals surface area contributed by atoms with Crippen molar-refractivity contribution < 1.29 is 4.92 Å². The van der Waals surface area contributed by atoms with Crippen LogP contribution in [0, 0.1) is 10.1 Å². The van der Waals surface area contributed by atoms with Crippen molar-refractivity contribution in [2.45, 2.75) is 37.8 Å². The Balaban J connectivity index is 1.65. The molecular weight excluding hydrogens is 266 g/mol. The number of nitro benzene ring substituents is 1. The topological polar surface area (TPSA) is 49.6 Å². The summed E-state index contributed by atoms with van der Waals surface area (Å²) in [4.78, 5) is 15.7. The summed E-state index contributed by atoms with van der Waals surface area (Å²) in [6, 6.07) is 7.11. The van der Waals surface area contributed by atoms with E-state index in [0.717, 1.165) is 18.7 Å². The lowest BCUT2D eigenvalue weighted by Gasteiger charge is -2.43. The van der Waals surface area contributed by atoms with Crippen molar-refractivity contribution in [1.82, 2.24) is 9.80 Å². The number of piperidine rings is 1. The van der Waals surface area contributed by atoms with Crippen LogP contribution in [0.2, 0.25) is 0 Å². The summed E-state index contributed by atoms with van der Waals surface area (Å²) in [6.07, 6.45) is 4.98. The highest BCUT2D eigenvalue weighted by Crippen LogP contribution is 2.37. The molecule has 0 atom stereocenters. The van der Waals surface area contributed by atoms with Gasteiger partial charge in [-0.05, 0) is 39.3 Å². The third-order valence-electron chi connectivity index (χ3n) is 5.31. The first-order chi connectivity index (χ1) is 10.1. The molecule has 1 aromatic carbocycles. The first kappa shape index (κ1) is 14.5. The normalized spacial score (nSPS) is 22.7. The summed E-state index contributed by atoms with van der Waals surface area (Å²) >= 11 is 0. The maximum Gasteiger partial charge on any atom is 0.273 e. The summed E-state index contributed by atoms with van der Waals surface area (Å²) in [5, 5.41) is 11.1. The molecule has 1 aromatic rings. The Hall–Kier alpha value is -1.46. The van der Waals surface area contributed by atoms with E-state index in [1.54, 1.807) is 12.1 Å². The molecular formula is C16H23N3O2. The summed E-state index contributed by atoms with van der Waals surface area (Å²) in [5.74, 6) is 0. The van der Waals surface area contributed by atoms with Crippen LogP contribution in [0.1, 0.15) is 31.2 Å². The monoisotopic (exact) mass is 289 g/mol. The zero-order valence-corrected chi connectivity index (χ0v) is 12.6. The van der Waals surface area contributed by atoms with Gasteiger partial charge in [0, 0.05) is 36.8 Å². The van der Waals surface area contributed by atoms with E-state index < -0.39 is 0 Å². The molecule has 3 rings (SSSR count). The van der Waals surface area contributed by atoms with Crippen LogP contribution < -0.4 is 0 Å². The Morgan fingerprint density at radius 2 is 1.90 bits per heavy atom. The number of hydrogen-bond donors (Lipinski definition) is 0. The fraction of sp³-hybridized carbons (Fsp3) is 0.625. The molecule has 114 valence electrons. The second kappa shape index (κ2) is 5.73. The highest BCUT2D eigenvalue weighted by Gasteiger charge is 2.41. The van der Waals surface area contributed by atoms with Crippen molar-refractivity contribution in [1.29, 1.82) is 0 Å². The quantitative estimate of drug-likeness (QED) is 0.634. The van der Waals surface area contributed by atoms with Crippen LogP contribution in [0.5, 0.6) is 0 Å². The SMILES string of the molecule is CN1CCCC12CCN(Cc1ccccc1[N+](=O)[O-])CC2. The van der Waals surface area contributed by atoms with Gasteiger partial charge in [0.15, 0.2) is 0 Å². The first-order valence-electron chi connectivity index (χ1n) is 7.77. The zero-order chi connectivity index (χ0) is 14.9. The predicted octanol–water partition coefficient (Wildman–Crippen LogP) is 2.66. The molecule has 21 heavy (non-hydrogen) atoms. The van der Waals surface area contributed by atoms with Gasteiger partial charge in [-0.2, -0.15) is 0 Å². The lowest BCUT2D eigenvalue weighted by Crippen LogP contribution is -2.50. The van der Waals surface area contributed by atoms with Gasteiger partial charge in [0.1, 0.15) is 0 Å². The van der Waals surface area contributed by atoms with Crippen LogP contribution in [0.25, 0.3) is 0 Å². The molecule has 0 N–H and O–H groups in total. The van der Waals surface area contributed by atoms with Crippen LogP contribution in [0.3, 0.4) is 0 Å². The van der Waals surface area contributed by atoms with Crippen LogP contribution in [-0.4, -0.2) is 46.9 Å². The van der Waals surface area contributed by atoms with Gasteiger partial charge >= 0.3 is 0 Å². The Kier molecular flexibility index (Phi) is 3.95. The van der Waals surface area contributed by atoms with E-state index in [9.17, 15) is 10.1 Å². The number of benzene rings is 1. The minimum Gasteiger partial charge on any atom is -0.301 e. The Morgan fingerprint density at radius 1 is 1.19 bits per heavy atom. The van der Waals surface area contributed by atoms with Gasteiger partial charge in [-0.1, -0.05) is 18.2 Å². The van der Waals surface area contributed by atoms with Crippen molar-refractivity contribution in [3.05, 3.63) is 39.9 Å². The molecule has 5 nitrogen and oxygen atoms in total. The first-order valence-corrected chi connectivity index (χ1v) is 7.77. The standard InChI is InChI=1S/C16H23N3O2/c1-17-10-4-7-16(17)8-11-18(12-9-16)13-14-5-2-3-6-15(14)19(20)21/h2-3,5-6H,4,7-13H2,1H3. The molecule has 1 spiro atoms. The van der Waals surface area contributed by atoms with E-state index in [0.29, 0.717) is 12.1 Å². The molecule has 0 bridgehead atoms. The second-order valence-electron chi connectivity index (χ2n) is 6.41. The maximum absolute atomic E-state index is 11.1. The largest absolute Gasteiger partial charge is 0.301 e. The van der Waals surface area contributed by atoms with Gasteiger partial charge in [-0.25, -0.2) is 0 Å². The fourth-order valence-electron chi connectivity index (χ4n) is 3.90. The Morgan fingerprint density at radius 3 is 2.52 bits per heavy atom. The lowest BCUT2D eigenvalue weighted by molar-refractivity contribution is -0.385. The molecule has 0 aromatic heterocycles. The van der Waals surface area contributed by atoms with Crippen LogP contribution in [0.15, 0.2) is 24.3 Å². The van der Waals surface area contributed by atoms with Crippen molar-refractivity contribution >= 4 is 5.69 Å². The minimum absolute atomic E-state index is 0.246. The van der Waals surface area contributed by atoms with Crippen molar-refractivity contribution in [3.63, 3.8) is 0 Å². The average Bonchev–Trinajstić information content (AvgIpc) is 2.83. The molecule has 2 aliphatic rings. The molecule has 0 amide bonds. The minimum atomic E-state index is -0.272. The lowest BCUT2D eigenvalue weighted by atomic mass is 9.85. The summed E-state index contributed by atoms with van der Waals surface area (Å²) in [6.45, 7) is 3.98. The molecule has 2 heterocycles. The van der Waals surface area contributed by atoms with Gasteiger partial charge in [-0.3, -0.25) is 15.0 Å². The number of rotatable bonds is 3. The molecule has 0 unspecified atom stereocenters. The molecule has 2 aliphatic heterocycles. The number of nitro groups is 1. The van der Waals surface area contributed by atoms with Crippen LogP contribution >= 0.6 is 0 Å². The second-order valence-corrected chi connectivity index (χ2v) is 6.41. The number of hydrogen-bond acceptors (Lipinski definition) is 4. The molecule has 5 heteroatoms. The van der Waals surface area contributed by atoms with Gasteiger partial charge in [-0.15, -0.1) is 0 Å². The summed E-state index contributed by atoms with van der Waals surface area (Å²) < 4.78 is 0.